The van der Waals surface area contributed by atoms with E-state index in [2.05, 4.69) is 27.7 Å². The maximum atomic E-state index is 11.1. The molecule has 26 heavy (non-hydrogen) atoms. The Morgan fingerprint density at radius 2 is 1.54 bits per heavy atom. The van der Waals surface area contributed by atoms with Crippen molar-refractivity contribution in [1.82, 2.24) is 0 Å². The van der Waals surface area contributed by atoms with Crippen LogP contribution in [0.1, 0.15) is 73.1 Å². The molecule has 154 valence electrons. The number of esters is 1. The molecule has 1 aliphatic rings. The van der Waals surface area contributed by atoms with Gasteiger partial charge in [0.1, 0.15) is 6.61 Å². The van der Waals surface area contributed by atoms with Crippen molar-refractivity contribution < 1.29 is 23.7 Å². The lowest BCUT2D eigenvalue weighted by molar-refractivity contribution is -0.255. The Hall–Kier alpha value is -0.650. The van der Waals surface area contributed by atoms with Crippen LogP contribution in [0.2, 0.25) is 0 Å². The van der Waals surface area contributed by atoms with Crippen LogP contribution in [0.15, 0.2) is 0 Å². The van der Waals surface area contributed by atoms with E-state index >= 15 is 0 Å². The molecular weight excluding hydrogens is 332 g/mol. The molecule has 0 aromatic rings. The summed E-state index contributed by atoms with van der Waals surface area (Å²) >= 11 is 0. The summed E-state index contributed by atoms with van der Waals surface area (Å²) in [5.41, 5.74) is 0. The molecule has 0 aromatic carbocycles. The first-order valence-electron chi connectivity index (χ1n) is 10.5. The molecule has 0 aromatic heterocycles. The van der Waals surface area contributed by atoms with E-state index in [1.165, 1.54) is 19.8 Å². The smallest absolute Gasteiger partial charge is 0.302 e. The minimum Gasteiger partial charge on any atom is -0.463 e. The zero-order valence-electron chi connectivity index (χ0n) is 17.5. The summed E-state index contributed by atoms with van der Waals surface area (Å²) in [6, 6.07) is 0. The predicted molar refractivity (Wildman–Crippen MR) is 103 cm³/mol. The number of unbranched alkanes of at least 4 members (excludes halogenated alkanes) is 4. The second kappa shape index (κ2) is 13.5. The first kappa shape index (κ1) is 23.4. The van der Waals surface area contributed by atoms with Crippen LogP contribution in [0.25, 0.3) is 0 Å². The van der Waals surface area contributed by atoms with Gasteiger partial charge in [0.25, 0.3) is 0 Å². The number of hydrogen-bond donors (Lipinski definition) is 0. The topological polar surface area (TPSA) is 54.0 Å². The van der Waals surface area contributed by atoms with Crippen molar-refractivity contribution in [3.8, 4) is 0 Å². The highest BCUT2D eigenvalue weighted by Gasteiger charge is 2.39. The number of rotatable bonds is 13. The van der Waals surface area contributed by atoms with Gasteiger partial charge in [0, 0.05) is 32.7 Å². The minimum absolute atomic E-state index is 0.0876. The Morgan fingerprint density at radius 1 is 0.885 bits per heavy atom. The minimum atomic E-state index is -0.261. The van der Waals surface area contributed by atoms with Gasteiger partial charge in [0.2, 0.25) is 0 Å². The molecule has 0 N–H and O–H groups in total. The predicted octanol–water partition coefficient (Wildman–Crippen LogP) is 4.58. The maximum absolute atomic E-state index is 11.1. The van der Waals surface area contributed by atoms with E-state index in [-0.39, 0.29) is 18.4 Å². The Bertz CT molecular complexity index is 373. The molecular formula is C21H40O5. The van der Waals surface area contributed by atoms with Gasteiger partial charge >= 0.3 is 5.97 Å². The van der Waals surface area contributed by atoms with E-state index in [4.69, 9.17) is 18.9 Å². The lowest BCUT2D eigenvalue weighted by Gasteiger charge is -2.43. The van der Waals surface area contributed by atoms with Crippen LogP contribution in [0.5, 0.6) is 0 Å². The van der Waals surface area contributed by atoms with Gasteiger partial charge < -0.3 is 18.9 Å². The molecule has 5 atom stereocenters. The molecule has 0 amide bonds. The maximum Gasteiger partial charge on any atom is 0.302 e. The monoisotopic (exact) mass is 372 g/mol. The second-order valence-electron chi connectivity index (χ2n) is 7.67. The zero-order chi connectivity index (χ0) is 19.4. The fraction of sp³-hybridized carbons (Fsp3) is 0.952. The molecule has 1 fully saturated rings. The lowest BCUT2D eigenvalue weighted by atomic mass is 9.79. The van der Waals surface area contributed by atoms with Crippen molar-refractivity contribution in [2.75, 3.05) is 26.4 Å². The van der Waals surface area contributed by atoms with Crippen molar-refractivity contribution in [2.45, 2.75) is 85.5 Å². The van der Waals surface area contributed by atoms with Gasteiger partial charge in [0.15, 0.2) is 6.29 Å². The molecule has 0 aliphatic carbocycles. The van der Waals surface area contributed by atoms with Crippen molar-refractivity contribution in [2.24, 2.45) is 17.8 Å². The van der Waals surface area contributed by atoms with Gasteiger partial charge in [-0.1, -0.05) is 47.0 Å². The summed E-state index contributed by atoms with van der Waals surface area (Å²) < 4.78 is 22.8. The van der Waals surface area contributed by atoms with E-state index in [1.807, 2.05) is 0 Å². The fourth-order valence-corrected chi connectivity index (χ4v) is 3.27. The molecule has 5 heteroatoms. The third-order valence-corrected chi connectivity index (χ3v) is 5.54. The molecule has 1 heterocycles. The number of ether oxygens (including phenoxy) is 4. The summed E-state index contributed by atoms with van der Waals surface area (Å²) in [6.45, 7) is 13.0. The quantitative estimate of drug-likeness (QED) is 0.350. The Balaban J connectivity index is 2.18. The van der Waals surface area contributed by atoms with E-state index in [1.54, 1.807) is 0 Å². The van der Waals surface area contributed by atoms with Gasteiger partial charge in [-0.2, -0.15) is 0 Å². The van der Waals surface area contributed by atoms with Crippen molar-refractivity contribution in [3.05, 3.63) is 0 Å². The normalized spacial score (nSPS) is 28.9. The Kier molecular flexibility index (Phi) is 12.2. The molecule has 1 aliphatic heterocycles. The van der Waals surface area contributed by atoms with E-state index in [9.17, 15) is 4.79 Å². The molecule has 1 rings (SSSR count). The van der Waals surface area contributed by atoms with Gasteiger partial charge in [-0.25, -0.2) is 0 Å². The molecule has 2 unspecified atom stereocenters. The third-order valence-electron chi connectivity index (χ3n) is 5.54. The van der Waals surface area contributed by atoms with E-state index in [0.717, 1.165) is 38.9 Å². The van der Waals surface area contributed by atoms with Crippen LogP contribution in [-0.2, 0) is 23.7 Å². The lowest BCUT2D eigenvalue weighted by Crippen LogP contribution is -2.47. The average molecular weight is 373 g/mol. The summed E-state index contributed by atoms with van der Waals surface area (Å²) in [7, 11) is 0. The van der Waals surface area contributed by atoms with Crippen molar-refractivity contribution >= 4 is 5.97 Å². The standard InChI is InChI=1S/C21H40O5/c1-6-7-12-23-13-10-8-9-11-14-24-21-18(4)16(2)17(3)20(26-21)15-25-19(5)22/h16-18,20-21H,6-15H2,1-5H3/t16-,17+,18?,20?,21+/m0/s1. The zero-order valence-corrected chi connectivity index (χ0v) is 17.5. The van der Waals surface area contributed by atoms with Crippen molar-refractivity contribution in [3.63, 3.8) is 0 Å². The number of hydrogen-bond acceptors (Lipinski definition) is 5. The van der Waals surface area contributed by atoms with Gasteiger partial charge in [0.05, 0.1) is 6.10 Å². The average Bonchev–Trinajstić information content (AvgIpc) is 2.62. The molecule has 1 saturated heterocycles. The number of carbonyl (C=O) groups is 1. The van der Waals surface area contributed by atoms with Crippen LogP contribution in [0.4, 0.5) is 0 Å². The molecule has 0 saturated carbocycles. The summed E-state index contributed by atoms with van der Waals surface area (Å²) in [5, 5.41) is 0. The Morgan fingerprint density at radius 3 is 2.19 bits per heavy atom. The second-order valence-corrected chi connectivity index (χ2v) is 7.67. The summed E-state index contributed by atoms with van der Waals surface area (Å²) in [6.07, 6.45) is 6.55. The van der Waals surface area contributed by atoms with Crippen LogP contribution < -0.4 is 0 Å². The first-order chi connectivity index (χ1) is 12.5. The summed E-state index contributed by atoms with van der Waals surface area (Å²) in [4.78, 5) is 11.1. The largest absolute Gasteiger partial charge is 0.463 e. The third kappa shape index (κ3) is 8.83. The highest BCUT2D eigenvalue weighted by atomic mass is 16.7. The van der Waals surface area contributed by atoms with Crippen LogP contribution >= 0.6 is 0 Å². The van der Waals surface area contributed by atoms with Gasteiger partial charge in [-0.05, 0) is 31.1 Å². The van der Waals surface area contributed by atoms with Crippen LogP contribution in [0, 0.1) is 17.8 Å². The Labute approximate surface area is 160 Å². The SMILES string of the molecule is CCCCOCCCCCCO[C@@H]1OC(COC(C)=O)[C@H](C)[C@H](C)C1C. The number of carbonyl (C=O) groups excluding carboxylic acids is 1. The first-order valence-corrected chi connectivity index (χ1v) is 10.5. The molecule has 0 bridgehead atoms. The summed E-state index contributed by atoms with van der Waals surface area (Å²) in [5.74, 6) is 0.889. The highest BCUT2D eigenvalue weighted by Crippen LogP contribution is 2.35. The van der Waals surface area contributed by atoms with Gasteiger partial charge in [-0.3, -0.25) is 4.79 Å². The van der Waals surface area contributed by atoms with E-state index in [0.29, 0.717) is 31.0 Å². The highest BCUT2D eigenvalue weighted by molar-refractivity contribution is 5.65. The van der Waals surface area contributed by atoms with Crippen molar-refractivity contribution in [1.29, 1.82) is 0 Å². The molecule has 0 spiro atoms. The van der Waals surface area contributed by atoms with Crippen LogP contribution in [-0.4, -0.2) is 44.8 Å². The molecule has 0 radical (unpaired) electrons. The molecule has 5 nitrogen and oxygen atoms in total. The van der Waals surface area contributed by atoms with Crippen LogP contribution in [0.3, 0.4) is 0 Å². The van der Waals surface area contributed by atoms with E-state index < -0.39 is 0 Å². The fourth-order valence-electron chi connectivity index (χ4n) is 3.27. The van der Waals surface area contributed by atoms with Gasteiger partial charge in [-0.15, -0.1) is 0 Å².